The molecule has 0 bridgehead atoms. The Kier molecular flexibility index (Phi) is 5.83. The van der Waals surface area contributed by atoms with Crippen LogP contribution in [0.15, 0.2) is 36.7 Å². The van der Waals surface area contributed by atoms with Crippen LogP contribution in [0.25, 0.3) is 0 Å². The van der Waals surface area contributed by atoms with Gasteiger partial charge in [0.15, 0.2) is 5.69 Å². The van der Waals surface area contributed by atoms with E-state index < -0.39 is 11.9 Å². The van der Waals surface area contributed by atoms with Crippen molar-refractivity contribution in [3.05, 3.63) is 53.6 Å². The van der Waals surface area contributed by atoms with E-state index in [0.29, 0.717) is 19.1 Å². The van der Waals surface area contributed by atoms with Gasteiger partial charge in [0.1, 0.15) is 18.1 Å². The summed E-state index contributed by atoms with van der Waals surface area (Å²) in [5.41, 5.74) is 0.960. The maximum atomic E-state index is 11.9. The molecule has 7 nitrogen and oxygen atoms in total. The number of benzene rings is 1. The molecule has 2 N–H and O–H groups in total. The van der Waals surface area contributed by atoms with E-state index >= 15 is 0 Å². The van der Waals surface area contributed by atoms with Gasteiger partial charge in [0.2, 0.25) is 0 Å². The number of amides is 1. The first-order chi connectivity index (χ1) is 11.5. The highest BCUT2D eigenvalue weighted by Crippen LogP contribution is 2.25. The number of nitrogens with zero attached hydrogens (tertiary/aromatic N) is 2. The number of para-hydroxylation sites is 1. The van der Waals surface area contributed by atoms with Gasteiger partial charge >= 0.3 is 5.97 Å². The Balaban J connectivity index is 1.84. The van der Waals surface area contributed by atoms with Crippen molar-refractivity contribution >= 4 is 11.9 Å². The fraction of sp³-hybridized carbons (Fsp3) is 0.294. The molecule has 0 atom stereocenters. The van der Waals surface area contributed by atoms with Gasteiger partial charge in [-0.1, -0.05) is 32.0 Å². The first-order valence-corrected chi connectivity index (χ1v) is 7.54. The quantitative estimate of drug-likeness (QED) is 0.754. The van der Waals surface area contributed by atoms with Gasteiger partial charge in [0.05, 0.1) is 18.9 Å². The minimum atomic E-state index is -1.19. The van der Waals surface area contributed by atoms with Crippen LogP contribution in [-0.2, 0) is 0 Å². The zero-order valence-electron chi connectivity index (χ0n) is 13.5. The number of aromatic carboxylic acids is 1. The highest BCUT2D eigenvalue weighted by Gasteiger charge is 2.11. The number of carboxylic acids is 1. The molecule has 7 heteroatoms. The summed E-state index contributed by atoms with van der Waals surface area (Å²) in [4.78, 5) is 30.0. The van der Waals surface area contributed by atoms with Crippen molar-refractivity contribution in [2.45, 2.75) is 19.8 Å². The molecule has 1 heterocycles. The number of hydrogen-bond acceptors (Lipinski definition) is 5. The lowest BCUT2D eigenvalue weighted by atomic mass is 10.0. The molecule has 0 aliphatic heterocycles. The van der Waals surface area contributed by atoms with Gasteiger partial charge in [0, 0.05) is 0 Å². The van der Waals surface area contributed by atoms with Crippen LogP contribution in [0.1, 0.15) is 46.3 Å². The molecule has 1 aromatic carbocycles. The molecule has 1 amide bonds. The monoisotopic (exact) mass is 329 g/mol. The molecule has 126 valence electrons. The van der Waals surface area contributed by atoms with Crippen molar-refractivity contribution in [2.75, 3.05) is 13.2 Å². The number of rotatable bonds is 7. The van der Waals surface area contributed by atoms with Crippen LogP contribution >= 0.6 is 0 Å². The van der Waals surface area contributed by atoms with Gasteiger partial charge in [-0.15, -0.1) is 0 Å². The lowest BCUT2D eigenvalue weighted by Gasteiger charge is -2.14. The van der Waals surface area contributed by atoms with E-state index in [1.807, 2.05) is 24.3 Å². The Hall–Kier alpha value is -2.96. The number of aromatic nitrogens is 2. The Morgan fingerprint density at radius 1 is 1.17 bits per heavy atom. The molecule has 2 aromatic rings. The number of carbonyl (C=O) groups is 2. The third-order valence-electron chi connectivity index (χ3n) is 3.29. The second-order valence-electron chi connectivity index (χ2n) is 5.39. The van der Waals surface area contributed by atoms with Crippen molar-refractivity contribution in [3.8, 4) is 5.75 Å². The predicted octanol–water partition coefficient (Wildman–Crippen LogP) is 2.11. The molecule has 0 aliphatic carbocycles. The summed E-state index contributed by atoms with van der Waals surface area (Å²) < 4.78 is 5.71. The van der Waals surface area contributed by atoms with Crippen molar-refractivity contribution in [3.63, 3.8) is 0 Å². The van der Waals surface area contributed by atoms with Gasteiger partial charge in [-0.3, -0.25) is 4.79 Å². The van der Waals surface area contributed by atoms with Crippen LogP contribution in [-0.4, -0.2) is 40.1 Å². The van der Waals surface area contributed by atoms with E-state index in [4.69, 9.17) is 9.84 Å². The first kappa shape index (κ1) is 17.4. The molecule has 0 saturated carbocycles. The van der Waals surface area contributed by atoms with Crippen LogP contribution in [0.4, 0.5) is 0 Å². The summed E-state index contributed by atoms with van der Waals surface area (Å²) in [6.45, 7) is 4.79. The highest BCUT2D eigenvalue weighted by molar-refractivity contribution is 5.92. The summed E-state index contributed by atoms with van der Waals surface area (Å²) in [7, 11) is 0. The fourth-order valence-electron chi connectivity index (χ4n) is 2.06. The molecule has 0 radical (unpaired) electrons. The van der Waals surface area contributed by atoms with Crippen molar-refractivity contribution in [2.24, 2.45) is 0 Å². The Morgan fingerprint density at radius 3 is 2.46 bits per heavy atom. The Labute approximate surface area is 139 Å². The topological polar surface area (TPSA) is 101 Å². The van der Waals surface area contributed by atoms with Gasteiger partial charge in [0.25, 0.3) is 5.91 Å². The molecule has 0 fully saturated rings. The van der Waals surface area contributed by atoms with E-state index in [1.54, 1.807) is 0 Å². The molecule has 0 saturated heterocycles. The Bertz CT molecular complexity index is 714. The van der Waals surface area contributed by atoms with Crippen LogP contribution in [0, 0.1) is 0 Å². The summed E-state index contributed by atoms with van der Waals surface area (Å²) in [5.74, 6) is -0.474. The summed E-state index contributed by atoms with van der Waals surface area (Å²) >= 11 is 0. The number of ether oxygens (including phenoxy) is 1. The van der Waals surface area contributed by atoms with E-state index in [2.05, 4.69) is 29.1 Å². The number of carboxylic acid groups (broad SMARTS) is 1. The van der Waals surface area contributed by atoms with Crippen LogP contribution in [0.5, 0.6) is 5.75 Å². The molecule has 2 rings (SSSR count). The molecule has 0 spiro atoms. The highest BCUT2D eigenvalue weighted by atomic mass is 16.5. The summed E-state index contributed by atoms with van der Waals surface area (Å²) in [5, 5.41) is 11.4. The van der Waals surface area contributed by atoms with Crippen molar-refractivity contribution < 1.29 is 19.4 Å². The minimum Gasteiger partial charge on any atom is -0.491 e. The van der Waals surface area contributed by atoms with Gasteiger partial charge in [-0.25, -0.2) is 14.8 Å². The van der Waals surface area contributed by atoms with E-state index in [9.17, 15) is 9.59 Å². The average molecular weight is 329 g/mol. The van der Waals surface area contributed by atoms with Gasteiger partial charge in [-0.2, -0.15) is 0 Å². The lowest BCUT2D eigenvalue weighted by molar-refractivity contribution is 0.0689. The molecule has 0 unspecified atom stereocenters. The molecular weight excluding hydrogens is 310 g/mol. The maximum Gasteiger partial charge on any atom is 0.356 e. The summed E-state index contributed by atoms with van der Waals surface area (Å²) in [6, 6.07) is 7.77. The smallest absolute Gasteiger partial charge is 0.356 e. The number of nitrogens with one attached hydrogen (secondary N) is 1. The number of hydrogen-bond donors (Lipinski definition) is 2. The normalized spacial score (nSPS) is 10.5. The lowest BCUT2D eigenvalue weighted by Crippen LogP contribution is -2.29. The maximum absolute atomic E-state index is 11.9. The predicted molar refractivity (Wildman–Crippen MR) is 87.4 cm³/mol. The minimum absolute atomic E-state index is 0.0579. The molecule has 24 heavy (non-hydrogen) atoms. The van der Waals surface area contributed by atoms with E-state index in [0.717, 1.165) is 23.7 Å². The zero-order valence-corrected chi connectivity index (χ0v) is 13.5. The third-order valence-corrected chi connectivity index (χ3v) is 3.29. The second-order valence-corrected chi connectivity index (χ2v) is 5.39. The van der Waals surface area contributed by atoms with Crippen molar-refractivity contribution in [1.82, 2.24) is 15.3 Å². The first-order valence-electron chi connectivity index (χ1n) is 7.54. The SMILES string of the molecule is CC(C)c1ccccc1OCCNC(=O)c1cnc(C(=O)O)cn1. The molecule has 0 aliphatic rings. The van der Waals surface area contributed by atoms with E-state index in [-0.39, 0.29) is 11.4 Å². The van der Waals surface area contributed by atoms with Gasteiger partial charge < -0.3 is 15.2 Å². The van der Waals surface area contributed by atoms with Crippen LogP contribution < -0.4 is 10.1 Å². The Morgan fingerprint density at radius 2 is 1.83 bits per heavy atom. The largest absolute Gasteiger partial charge is 0.491 e. The van der Waals surface area contributed by atoms with Crippen LogP contribution in [0.2, 0.25) is 0 Å². The molecular formula is C17H19N3O4. The average Bonchev–Trinajstić information content (AvgIpc) is 2.58. The van der Waals surface area contributed by atoms with E-state index in [1.165, 1.54) is 0 Å². The standard InChI is InChI=1S/C17H19N3O4/c1-11(2)12-5-3-4-6-15(12)24-8-7-18-16(21)13-9-20-14(10-19-13)17(22)23/h3-6,9-11H,7-8H2,1-2H3,(H,18,21)(H,22,23). The zero-order chi connectivity index (χ0) is 17.5. The van der Waals surface area contributed by atoms with Crippen LogP contribution in [0.3, 0.4) is 0 Å². The fourth-order valence-corrected chi connectivity index (χ4v) is 2.06. The van der Waals surface area contributed by atoms with Crippen molar-refractivity contribution in [1.29, 1.82) is 0 Å². The number of carbonyl (C=O) groups excluding carboxylic acids is 1. The van der Waals surface area contributed by atoms with Gasteiger partial charge in [-0.05, 0) is 17.5 Å². The summed E-state index contributed by atoms with van der Waals surface area (Å²) in [6.07, 6.45) is 2.18. The second kappa shape index (κ2) is 8.05. The molecule has 1 aromatic heterocycles. The third kappa shape index (κ3) is 4.52.